The minimum Gasteiger partial charge on any atom is -0.394 e. The molecule has 528 valence electrons. The van der Waals surface area contributed by atoms with Crippen LogP contribution in [0, 0.1) is 39.5 Å². The van der Waals surface area contributed by atoms with Crippen LogP contribution in [-0.4, -0.2) is 144 Å². The third-order valence-corrected chi connectivity index (χ3v) is 21.8. The van der Waals surface area contributed by atoms with Crippen LogP contribution in [0.2, 0.25) is 0 Å². The average molecular weight is 1450 g/mol. The third-order valence-electron chi connectivity index (χ3n) is 17.1. The third kappa shape index (κ3) is 20.5. The number of nitrogens with zero attached hydrogens (tertiary/aromatic N) is 15. The van der Waals surface area contributed by atoms with E-state index in [0.29, 0.717) is 0 Å². The topological polar surface area (TPSA) is 358 Å². The van der Waals surface area contributed by atoms with Crippen LogP contribution < -0.4 is 0 Å². The number of benzene rings is 6. The maximum absolute atomic E-state index is 15.3. The van der Waals surface area contributed by atoms with E-state index in [2.05, 4.69) is 50.1 Å². The molecule has 6 aromatic carbocycles. The van der Waals surface area contributed by atoms with Gasteiger partial charge < -0.3 is 48.1 Å². The number of rotatable bonds is 17. The fraction of sp³-hybridized carbons (Fsp3) is 0.471. The van der Waals surface area contributed by atoms with Gasteiger partial charge in [-0.1, -0.05) is 218 Å². The second-order valence-electron chi connectivity index (χ2n) is 24.2. The Hall–Kier alpha value is -7.34. The molecule has 0 aliphatic carbocycles. The van der Waals surface area contributed by atoms with E-state index in [-0.39, 0.29) is 26.4 Å². The molecule has 0 bridgehead atoms. The SMILES string of the molecule is Cc1ccc(S[C@@H]2O[C@@H]3COC(c4ccccc4)OC3C(O)[C@H]2N=[N+]=[N-])cc1.Cc1ccc(S[C@@H]2O[C@@H]3COC(c4ccccc4)OC3[C@H](F)[C@H]2N=[N+]=[N-])cc1.Cc1ccc(S[C@@H]2O[C@H](CN=[N+]=[N-])C(C)[C@H](F)[C@H]2N=[N+]=[N-])cc1.Cc1ccc(S[C@@H]2O[C@H](CO)C(C)[C@H](F)[C@H]2N=[N+]=[N-])cc1. The molecule has 6 aliphatic rings. The molecule has 12 rings (SSSR count). The minimum atomic E-state index is -1.49. The molecule has 0 aromatic heterocycles. The molecule has 100 heavy (non-hydrogen) atoms. The largest absolute Gasteiger partial charge is 0.394 e. The van der Waals surface area contributed by atoms with Crippen LogP contribution in [0.3, 0.4) is 0 Å². The molecule has 32 heteroatoms. The predicted octanol–water partition coefficient (Wildman–Crippen LogP) is 17.1. The van der Waals surface area contributed by atoms with Crippen LogP contribution >= 0.6 is 47.0 Å². The summed E-state index contributed by atoms with van der Waals surface area (Å²) in [4.78, 5) is 17.6. The van der Waals surface area contributed by atoms with Gasteiger partial charge in [0.2, 0.25) is 0 Å². The number of halogens is 3. The van der Waals surface area contributed by atoms with E-state index in [4.69, 9.17) is 65.6 Å². The van der Waals surface area contributed by atoms with Gasteiger partial charge in [-0.3, -0.25) is 0 Å². The number of azide groups is 5. The molecule has 0 spiro atoms. The van der Waals surface area contributed by atoms with Gasteiger partial charge in [0.1, 0.15) is 88.8 Å². The summed E-state index contributed by atoms with van der Waals surface area (Å²) in [7, 11) is 0. The molecular formula is C68H76F3N15O10S4. The Bertz CT molecular complexity index is 3680. The van der Waals surface area contributed by atoms with Crippen LogP contribution in [-0.2, 0) is 37.9 Å². The number of aliphatic hydroxyl groups is 2. The molecule has 0 radical (unpaired) electrons. The lowest BCUT2D eigenvalue weighted by Gasteiger charge is -2.46. The second kappa shape index (κ2) is 38.1. The second-order valence-corrected chi connectivity index (χ2v) is 28.9. The molecule has 2 N–H and O–H groups in total. The summed E-state index contributed by atoms with van der Waals surface area (Å²) in [6.07, 6.45) is -10.1. The molecule has 25 nitrogen and oxygen atoms in total. The number of hydrogen-bond donors (Lipinski definition) is 2. The van der Waals surface area contributed by atoms with Crippen molar-refractivity contribution in [3.63, 3.8) is 0 Å². The predicted molar refractivity (Wildman–Crippen MR) is 375 cm³/mol. The molecular weight excluding hydrogens is 1370 g/mol. The summed E-state index contributed by atoms with van der Waals surface area (Å²) < 4.78 is 91.6. The van der Waals surface area contributed by atoms with Crippen molar-refractivity contribution in [3.05, 3.63) is 243 Å². The zero-order valence-corrected chi connectivity index (χ0v) is 58.4. The maximum atomic E-state index is 15.3. The Labute approximate surface area is 593 Å². The Balaban J connectivity index is 0.000000157. The Morgan fingerprint density at radius 2 is 0.750 bits per heavy atom. The standard InChI is InChI=1S/C20H20FN3O3S.C20H21N3O4S.C14H17FN6OS.C14H18FN3O2S/c1-12-7-9-14(10-8-12)28-20-17(23-24-22)16(21)18-15(26-20)11-25-19(27-18)13-5-3-2-4-6-13;1-12-7-9-14(10-8-12)28-20-16(22-23-21)17(24)18-15(26-20)11-25-19(27-18)13-5-3-2-4-6-13;1-8-3-5-10(6-4-8)23-14-13(19-21-17)12(15)9(2)11(22-14)7-18-20-16;1-8-3-5-10(6-4-8)21-14-13(17-18-16)12(15)9(2)11(7-19)20-14/h2-10,15-20H,11H2,1H3;2-10,15-20,24H,11H2,1H3;3-6,9,11-14H,7H2,1-2H3;3-6,9,11-14,19H,7H2,1-2H3/t15-,16-,17-,18?,19?,20+;15-,16-,17?,18?,19?,20+;2*9?,11-,12+,13-,14+/m1111/s1. The first kappa shape index (κ1) is 76.8. The summed E-state index contributed by atoms with van der Waals surface area (Å²) in [5.41, 5.74) is 47.4. The van der Waals surface area contributed by atoms with Gasteiger partial charge in [0.25, 0.3) is 0 Å². The van der Waals surface area contributed by atoms with Crippen LogP contribution in [0.15, 0.2) is 203 Å². The lowest BCUT2D eigenvalue weighted by molar-refractivity contribution is -0.305. The smallest absolute Gasteiger partial charge is 0.184 e. The van der Waals surface area contributed by atoms with E-state index < -0.39 is 132 Å². The number of aryl methyl sites for hydroxylation is 4. The Morgan fingerprint density at radius 3 is 1.13 bits per heavy atom. The van der Waals surface area contributed by atoms with E-state index in [1.165, 1.54) is 47.0 Å². The van der Waals surface area contributed by atoms with Crippen molar-refractivity contribution >= 4 is 47.0 Å². The molecule has 6 saturated heterocycles. The lowest BCUT2D eigenvalue weighted by atomic mass is 9.91. The zero-order chi connectivity index (χ0) is 71.2. The fourth-order valence-electron chi connectivity index (χ4n) is 11.4. The molecule has 6 aliphatic heterocycles. The summed E-state index contributed by atoms with van der Waals surface area (Å²) in [6, 6.07) is 46.5. The summed E-state index contributed by atoms with van der Waals surface area (Å²) >= 11 is 5.37. The van der Waals surface area contributed by atoms with Crippen LogP contribution in [0.4, 0.5) is 13.2 Å². The number of alkyl halides is 3. The number of thioether (sulfide) groups is 4. The maximum Gasteiger partial charge on any atom is 0.184 e. The van der Waals surface area contributed by atoms with E-state index >= 15 is 4.39 Å². The van der Waals surface area contributed by atoms with E-state index in [1.54, 1.807) is 13.8 Å². The van der Waals surface area contributed by atoms with E-state index in [1.807, 2.05) is 185 Å². The highest BCUT2D eigenvalue weighted by atomic mass is 32.2. The molecule has 7 unspecified atom stereocenters. The van der Waals surface area contributed by atoms with Gasteiger partial charge in [0, 0.05) is 67.1 Å². The van der Waals surface area contributed by atoms with Gasteiger partial charge in [0.15, 0.2) is 12.6 Å². The molecule has 22 atom stereocenters. The van der Waals surface area contributed by atoms with Crippen molar-refractivity contribution in [1.29, 1.82) is 0 Å². The summed E-state index contributed by atoms with van der Waals surface area (Å²) in [6.45, 7) is 11.6. The first-order chi connectivity index (χ1) is 48.4. The van der Waals surface area contributed by atoms with Gasteiger partial charge in [0.05, 0.1) is 44.7 Å². The number of aliphatic hydroxyl groups excluding tert-OH is 2. The van der Waals surface area contributed by atoms with Gasteiger partial charge in [-0.25, -0.2) is 13.2 Å². The minimum absolute atomic E-state index is 0.0477. The first-order valence-corrected chi connectivity index (χ1v) is 35.5. The Morgan fingerprint density at radius 1 is 0.420 bits per heavy atom. The number of ether oxygens (including phenoxy) is 8. The van der Waals surface area contributed by atoms with Crippen molar-refractivity contribution in [3.8, 4) is 0 Å². The summed E-state index contributed by atoms with van der Waals surface area (Å²) in [5, 5.41) is 38.3. The van der Waals surface area contributed by atoms with Crippen molar-refractivity contribution in [1.82, 2.24) is 0 Å². The van der Waals surface area contributed by atoms with E-state index in [0.717, 1.165) is 53.0 Å². The first-order valence-electron chi connectivity index (χ1n) is 32.0. The van der Waals surface area contributed by atoms with Gasteiger partial charge in [-0.2, -0.15) is 0 Å². The average Bonchev–Trinajstić information content (AvgIpc) is 0.778. The van der Waals surface area contributed by atoms with Gasteiger partial charge in [-0.15, -0.1) is 0 Å². The van der Waals surface area contributed by atoms with Crippen LogP contribution in [0.1, 0.15) is 59.8 Å². The normalized spacial score (nSPS) is 31.8. The van der Waals surface area contributed by atoms with Crippen molar-refractivity contribution in [2.75, 3.05) is 26.4 Å². The van der Waals surface area contributed by atoms with Crippen LogP contribution in [0.5, 0.6) is 0 Å². The Kier molecular flexibility index (Phi) is 29.3. The van der Waals surface area contributed by atoms with Crippen molar-refractivity contribution in [2.45, 2.75) is 181 Å². The van der Waals surface area contributed by atoms with E-state index in [9.17, 15) is 19.0 Å². The molecule has 6 fully saturated rings. The highest BCUT2D eigenvalue weighted by Crippen LogP contribution is 2.45. The van der Waals surface area contributed by atoms with Crippen molar-refractivity contribution < 1.29 is 61.3 Å². The fourth-order valence-corrected chi connectivity index (χ4v) is 15.8. The lowest BCUT2D eigenvalue weighted by Crippen LogP contribution is -2.60. The van der Waals surface area contributed by atoms with Gasteiger partial charge in [-0.05, 0) is 104 Å². The van der Waals surface area contributed by atoms with Gasteiger partial charge >= 0.3 is 0 Å². The monoisotopic (exact) mass is 1450 g/mol. The highest BCUT2D eigenvalue weighted by Gasteiger charge is 2.52. The molecule has 6 aromatic rings. The number of hydrogen-bond acceptors (Lipinski definition) is 19. The molecule has 6 heterocycles. The highest BCUT2D eigenvalue weighted by molar-refractivity contribution is 8.00. The molecule has 0 saturated carbocycles. The quantitative estimate of drug-likeness (QED) is 0.0487. The van der Waals surface area contributed by atoms with Crippen LogP contribution in [0.25, 0.3) is 52.2 Å². The number of fused-ring (bicyclic) bond motifs is 2. The summed E-state index contributed by atoms with van der Waals surface area (Å²) in [5.74, 6) is -1.04. The van der Waals surface area contributed by atoms with Crippen molar-refractivity contribution in [2.24, 2.45) is 37.4 Å². The molecule has 0 amide bonds. The zero-order valence-electron chi connectivity index (χ0n) is 55.2.